The maximum atomic E-state index is 12.5. The van der Waals surface area contributed by atoms with Gasteiger partial charge in [0.05, 0.1) is 32.8 Å². The molecule has 3 rings (SSSR count). The van der Waals surface area contributed by atoms with Crippen LogP contribution >= 0.6 is 0 Å². The van der Waals surface area contributed by atoms with Crippen LogP contribution in [-0.4, -0.2) is 44.1 Å². The molecule has 1 fully saturated rings. The monoisotopic (exact) mass is 388 g/mol. The van der Waals surface area contributed by atoms with Crippen LogP contribution in [0.2, 0.25) is 0 Å². The molecular weight excluding hydrogens is 364 g/mol. The number of phenols is 2. The van der Waals surface area contributed by atoms with Crippen molar-refractivity contribution in [3.63, 3.8) is 0 Å². The predicted molar refractivity (Wildman–Crippen MR) is 101 cm³/mol. The van der Waals surface area contributed by atoms with E-state index < -0.39 is 12.0 Å². The molecule has 7 heteroatoms. The summed E-state index contributed by atoms with van der Waals surface area (Å²) in [5.41, 5.74) is 1.63. The second-order valence-electron chi connectivity index (χ2n) is 6.71. The van der Waals surface area contributed by atoms with Crippen molar-refractivity contribution in [1.29, 1.82) is 0 Å². The fourth-order valence-electron chi connectivity index (χ4n) is 3.65. The van der Waals surface area contributed by atoms with Crippen LogP contribution in [0, 0.1) is 11.8 Å². The van der Waals surface area contributed by atoms with E-state index in [1.54, 1.807) is 30.3 Å². The molecule has 28 heavy (non-hydrogen) atoms. The van der Waals surface area contributed by atoms with Crippen molar-refractivity contribution in [1.82, 2.24) is 0 Å². The molecule has 0 saturated carbocycles. The van der Waals surface area contributed by atoms with Crippen LogP contribution < -0.4 is 9.47 Å². The van der Waals surface area contributed by atoms with Crippen LogP contribution in [0.4, 0.5) is 0 Å². The van der Waals surface area contributed by atoms with Crippen molar-refractivity contribution in [3.8, 4) is 23.0 Å². The van der Waals surface area contributed by atoms with Gasteiger partial charge in [-0.05, 0) is 41.8 Å². The Kier molecular flexibility index (Phi) is 5.94. The number of cyclic esters (lactones) is 1. The normalized spacial score (nSPS) is 19.9. The van der Waals surface area contributed by atoms with Gasteiger partial charge in [-0.3, -0.25) is 4.79 Å². The average Bonchev–Trinajstić information content (AvgIpc) is 3.05. The van der Waals surface area contributed by atoms with E-state index in [2.05, 4.69) is 0 Å². The van der Waals surface area contributed by atoms with Crippen LogP contribution in [-0.2, 0) is 20.7 Å². The van der Waals surface area contributed by atoms with Gasteiger partial charge in [0, 0.05) is 13.0 Å². The Morgan fingerprint density at radius 3 is 2.32 bits per heavy atom. The van der Waals surface area contributed by atoms with Gasteiger partial charge in [-0.2, -0.15) is 0 Å². The van der Waals surface area contributed by atoms with Crippen molar-refractivity contribution in [3.05, 3.63) is 47.5 Å². The average molecular weight is 388 g/mol. The molecule has 150 valence electrons. The van der Waals surface area contributed by atoms with Gasteiger partial charge in [-0.15, -0.1) is 0 Å². The fraction of sp³-hybridized carbons (Fsp3) is 0.381. The number of carbonyl (C=O) groups excluding carboxylic acids is 1. The van der Waals surface area contributed by atoms with Gasteiger partial charge >= 0.3 is 5.97 Å². The van der Waals surface area contributed by atoms with E-state index in [9.17, 15) is 15.0 Å². The Hall–Kier alpha value is -2.93. The van der Waals surface area contributed by atoms with Gasteiger partial charge in [-0.1, -0.05) is 12.1 Å². The number of esters is 1. The molecule has 1 aliphatic rings. The Labute approximate surface area is 163 Å². The molecule has 0 spiro atoms. The highest BCUT2D eigenvalue weighted by Crippen LogP contribution is 2.40. The minimum Gasteiger partial charge on any atom is -0.504 e. The lowest BCUT2D eigenvalue weighted by Gasteiger charge is -2.25. The third-order valence-electron chi connectivity index (χ3n) is 5.07. The molecule has 7 nitrogen and oxygen atoms in total. The number of aromatic hydroxyl groups is 2. The van der Waals surface area contributed by atoms with E-state index in [1.807, 2.05) is 0 Å². The molecule has 0 amide bonds. The van der Waals surface area contributed by atoms with Gasteiger partial charge in [-0.25, -0.2) is 0 Å². The quantitative estimate of drug-likeness (QED) is 0.704. The van der Waals surface area contributed by atoms with E-state index in [-0.39, 0.29) is 30.0 Å². The lowest BCUT2D eigenvalue weighted by atomic mass is 9.82. The van der Waals surface area contributed by atoms with E-state index >= 15 is 0 Å². The van der Waals surface area contributed by atoms with Crippen molar-refractivity contribution < 1.29 is 34.0 Å². The zero-order chi connectivity index (χ0) is 20.3. The first-order valence-electron chi connectivity index (χ1n) is 8.90. The second kappa shape index (κ2) is 8.39. The first-order chi connectivity index (χ1) is 13.5. The molecule has 0 bridgehead atoms. The zero-order valence-electron chi connectivity index (χ0n) is 16.0. The summed E-state index contributed by atoms with van der Waals surface area (Å²) in [7, 11) is 4.49. The van der Waals surface area contributed by atoms with Gasteiger partial charge in [0.2, 0.25) is 0 Å². The molecule has 0 aliphatic carbocycles. The molecule has 2 N–H and O–H groups in total. The van der Waals surface area contributed by atoms with Gasteiger partial charge in [0.15, 0.2) is 23.0 Å². The van der Waals surface area contributed by atoms with Crippen LogP contribution in [0.3, 0.4) is 0 Å². The third-order valence-corrected chi connectivity index (χ3v) is 5.07. The van der Waals surface area contributed by atoms with Crippen molar-refractivity contribution >= 4 is 5.97 Å². The maximum absolute atomic E-state index is 12.5. The number of benzene rings is 2. The van der Waals surface area contributed by atoms with Crippen LogP contribution in [0.1, 0.15) is 17.2 Å². The number of ether oxygens (including phenoxy) is 4. The molecular formula is C21H24O7. The fourth-order valence-corrected chi connectivity index (χ4v) is 3.65. The molecule has 1 unspecified atom stereocenters. The van der Waals surface area contributed by atoms with E-state index in [0.717, 1.165) is 5.56 Å². The topological polar surface area (TPSA) is 94.5 Å². The number of carbonyl (C=O) groups is 1. The lowest BCUT2D eigenvalue weighted by Crippen LogP contribution is -2.26. The standard InChI is InChI=1S/C21H24O7/c1-25-17-9-12(4-6-15(17)22)8-14-11-28-21(24)19(14)20(27-3)13-5-7-16(23)18(10-13)26-2/h4-7,9-10,14,19-20,22-23H,8,11H2,1-3H3/t14-,19+,20?/m0/s1. The van der Waals surface area contributed by atoms with E-state index in [1.165, 1.54) is 27.4 Å². The van der Waals surface area contributed by atoms with E-state index in [4.69, 9.17) is 18.9 Å². The summed E-state index contributed by atoms with van der Waals surface area (Å²) in [4.78, 5) is 12.5. The summed E-state index contributed by atoms with van der Waals surface area (Å²) in [5.74, 6) is -0.188. The summed E-state index contributed by atoms with van der Waals surface area (Å²) >= 11 is 0. The Balaban J connectivity index is 1.88. The molecule has 1 heterocycles. The van der Waals surface area contributed by atoms with Crippen LogP contribution in [0.25, 0.3) is 0 Å². The van der Waals surface area contributed by atoms with Crippen LogP contribution in [0.15, 0.2) is 36.4 Å². The van der Waals surface area contributed by atoms with Crippen molar-refractivity contribution in [2.75, 3.05) is 27.9 Å². The summed E-state index contributed by atoms with van der Waals surface area (Å²) < 4.78 is 21.3. The highest BCUT2D eigenvalue weighted by atomic mass is 16.5. The van der Waals surface area contributed by atoms with Gasteiger partial charge in [0.1, 0.15) is 0 Å². The number of hydrogen-bond acceptors (Lipinski definition) is 7. The minimum absolute atomic E-state index is 0.0165. The lowest BCUT2D eigenvalue weighted by molar-refractivity contribution is -0.145. The largest absolute Gasteiger partial charge is 0.504 e. The maximum Gasteiger partial charge on any atom is 0.312 e. The first kappa shape index (κ1) is 19.8. The summed E-state index contributed by atoms with van der Waals surface area (Å²) in [6.45, 7) is 0.280. The molecule has 0 aromatic heterocycles. The van der Waals surface area contributed by atoms with Crippen molar-refractivity contribution in [2.24, 2.45) is 11.8 Å². The van der Waals surface area contributed by atoms with Crippen molar-refractivity contribution in [2.45, 2.75) is 12.5 Å². The molecule has 2 aromatic carbocycles. The Bertz CT molecular complexity index is 849. The van der Waals surface area contributed by atoms with Gasteiger partial charge < -0.3 is 29.2 Å². The first-order valence-corrected chi connectivity index (χ1v) is 8.90. The molecule has 1 saturated heterocycles. The number of hydrogen-bond donors (Lipinski definition) is 2. The number of methoxy groups -OCH3 is 3. The Morgan fingerprint density at radius 2 is 1.68 bits per heavy atom. The third kappa shape index (κ3) is 3.84. The van der Waals surface area contributed by atoms with Crippen LogP contribution in [0.5, 0.6) is 23.0 Å². The molecule has 1 aliphatic heterocycles. The number of phenolic OH excluding ortho intramolecular Hbond substituents is 2. The SMILES string of the molecule is COc1cc(C[C@H]2COC(=O)[C@H]2C(OC)c2ccc(O)c(OC)c2)ccc1O. The predicted octanol–water partition coefficient (Wildman–Crippen LogP) is 2.83. The zero-order valence-corrected chi connectivity index (χ0v) is 16.0. The molecule has 2 aromatic rings. The van der Waals surface area contributed by atoms with E-state index in [0.29, 0.717) is 23.5 Å². The summed E-state index contributed by atoms with van der Waals surface area (Å²) in [6.07, 6.45) is 0.00999. The summed E-state index contributed by atoms with van der Waals surface area (Å²) in [6, 6.07) is 10.00. The summed E-state index contributed by atoms with van der Waals surface area (Å²) in [5, 5.41) is 19.6. The molecule has 0 radical (unpaired) electrons. The number of rotatable bonds is 7. The minimum atomic E-state index is -0.548. The Morgan fingerprint density at radius 1 is 1.04 bits per heavy atom. The van der Waals surface area contributed by atoms with Gasteiger partial charge in [0.25, 0.3) is 0 Å². The molecule has 3 atom stereocenters. The highest BCUT2D eigenvalue weighted by Gasteiger charge is 2.43. The second-order valence-corrected chi connectivity index (χ2v) is 6.71. The highest BCUT2D eigenvalue weighted by molar-refractivity contribution is 5.76. The smallest absolute Gasteiger partial charge is 0.312 e.